The molecule has 0 spiro atoms. The molecule has 0 heterocycles. The van der Waals surface area contributed by atoms with Gasteiger partial charge in [0.15, 0.2) is 0 Å². The van der Waals surface area contributed by atoms with E-state index >= 15 is 0 Å². The second-order valence-electron chi connectivity index (χ2n) is 5.76. The highest BCUT2D eigenvalue weighted by molar-refractivity contribution is 7.47. The van der Waals surface area contributed by atoms with Gasteiger partial charge < -0.3 is 4.52 Å². The molecule has 0 radical (unpaired) electrons. The van der Waals surface area contributed by atoms with Crippen LogP contribution in [0.4, 0.5) is 0 Å². The maximum Gasteiger partial charge on any atom is 0.527 e. The van der Waals surface area contributed by atoms with E-state index in [4.69, 9.17) is 9.05 Å². The Hall–Kier alpha value is -2.39. The van der Waals surface area contributed by atoms with Gasteiger partial charge in [-0.2, -0.15) is 0 Å². The third-order valence-corrected chi connectivity index (χ3v) is 4.32. The molecular formula is C21H23O4P. The molecule has 3 rings (SSSR count). The summed E-state index contributed by atoms with van der Waals surface area (Å²) in [6.07, 6.45) is -0.352. The SMILES string of the molecule is CC(C)OP(=O)(O)Oc1ccccc1.c1ccc(-c2ccccc2)cc1. The summed E-state index contributed by atoms with van der Waals surface area (Å²) in [6, 6.07) is 29.2. The highest BCUT2D eigenvalue weighted by Crippen LogP contribution is 2.44. The van der Waals surface area contributed by atoms with Gasteiger partial charge in [0, 0.05) is 0 Å². The van der Waals surface area contributed by atoms with Crippen LogP contribution < -0.4 is 4.52 Å². The number of phosphoric acid groups is 1. The fourth-order valence-electron chi connectivity index (χ4n) is 2.16. The largest absolute Gasteiger partial charge is 0.527 e. The second kappa shape index (κ2) is 9.93. The zero-order valence-corrected chi connectivity index (χ0v) is 15.8. The van der Waals surface area contributed by atoms with Crippen LogP contribution in [0.5, 0.6) is 5.75 Å². The molecule has 0 aliphatic heterocycles. The lowest BCUT2D eigenvalue weighted by Gasteiger charge is -2.14. The van der Waals surface area contributed by atoms with E-state index < -0.39 is 7.82 Å². The molecule has 3 aromatic carbocycles. The first kappa shape index (κ1) is 19.9. The number of hydrogen-bond acceptors (Lipinski definition) is 3. The smallest absolute Gasteiger partial charge is 0.404 e. The zero-order chi connectivity index (χ0) is 18.8. The fraction of sp³-hybridized carbons (Fsp3) is 0.143. The van der Waals surface area contributed by atoms with E-state index in [2.05, 4.69) is 48.5 Å². The Bertz CT molecular complexity index is 768. The lowest BCUT2D eigenvalue weighted by atomic mass is 10.1. The summed E-state index contributed by atoms with van der Waals surface area (Å²) in [7, 11) is -3.97. The van der Waals surface area contributed by atoms with Crippen molar-refractivity contribution in [3.63, 3.8) is 0 Å². The lowest BCUT2D eigenvalue weighted by Crippen LogP contribution is -2.04. The Morgan fingerprint density at radius 3 is 1.50 bits per heavy atom. The molecule has 4 nitrogen and oxygen atoms in total. The van der Waals surface area contributed by atoms with Crippen molar-refractivity contribution in [3.8, 4) is 16.9 Å². The zero-order valence-electron chi connectivity index (χ0n) is 14.9. The van der Waals surface area contributed by atoms with Crippen LogP contribution in [0.2, 0.25) is 0 Å². The van der Waals surface area contributed by atoms with E-state index in [0.29, 0.717) is 5.75 Å². The van der Waals surface area contributed by atoms with Crippen LogP contribution in [-0.4, -0.2) is 11.0 Å². The van der Waals surface area contributed by atoms with Crippen LogP contribution in [0.25, 0.3) is 11.1 Å². The Morgan fingerprint density at radius 1 is 0.731 bits per heavy atom. The Balaban J connectivity index is 0.000000189. The summed E-state index contributed by atoms with van der Waals surface area (Å²) in [5.41, 5.74) is 2.55. The van der Waals surface area contributed by atoms with Crippen molar-refractivity contribution in [2.75, 3.05) is 0 Å². The van der Waals surface area contributed by atoms with E-state index in [-0.39, 0.29) is 6.10 Å². The van der Waals surface area contributed by atoms with Crippen LogP contribution in [-0.2, 0) is 9.09 Å². The van der Waals surface area contributed by atoms with E-state index in [0.717, 1.165) is 0 Å². The molecule has 1 N–H and O–H groups in total. The Labute approximate surface area is 154 Å². The van der Waals surface area contributed by atoms with Crippen molar-refractivity contribution in [1.29, 1.82) is 0 Å². The summed E-state index contributed by atoms with van der Waals surface area (Å²) in [6.45, 7) is 3.33. The van der Waals surface area contributed by atoms with E-state index in [9.17, 15) is 9.46 Å². The van der Waals surface area contributed by atoms with Crippen LogP contribution in [0.15, 0.2) is 91.0 Å². The van der Waals surface area contributed by atoms with E-state index in [1.54, 1.807) is 44.2 Å². The summed E-state index contributed by atoms with van der Waals surface area (Å²) >= 11 is 0. The molecule has 0 bridgehead atoms. The number of para-hydroxylation sites is 1. The van der Waals surface area contributed by atoms with Crippen molar-refractivity contribution in [3.05, 3.63) is 91.0 Å². The quantitative estimate of drug-likeness (QED) is 0.564. The minimum absolute atomic E-state index is 0.319. The first-order chi connectivity index (χ1) is 12.5. The third-order valence-electron chi connectivity index (χ3n) is 3.19. The highest BCUT2D eigenvalue weighted by Gasteiger charge is 2.24. The van der Waals surface area contributed by atoms with E-state index in [1.807, 2.05) is 12.1 Å². The van der Waals surface area contributed by atoms with Gasteiger partial charge in [-0.05, 0) is 37.1 Å². The predicted octanol–water partition coefficient (Wildman–Crippen LogP) is 5.94. The topological polar surface area (TPSA) is 55.8 Å². The summed E-state index contributed by atoms with van der Waals surface area (Å²) in [5, 5.41) is 0. The van der Waals surface area contributed by atoms with Crippen molar-refractivity contribution in [1.82, 2.24) is 0 Å². The van der Waals surface area contributed by atoms with Gasteiger partial charge in [0.1, 0.15) is 5.75 Å². The maximum atomic E-state index is 11.3. The molecule has 0 saturated heterocycles. The van der Waals surface area contributed by atoms with Gasteiger partial charge in [0.2, 0.25) is 0 Å². The average molecular weight is 370 g/mol. The van der Waals surface area contributed by atoms with Crippen LogP contribution in [0.3, 0.4) is 0 Å². The molecule has 0 saturated carbocycles. The van der Waals surface area contributed by atoms with Crippen molar-refractivity contribution in [2.45, 2.75) is 20.0 Å². The lowest BCUT2D eigenvalue weighted by molar-refractivity contribution is 0.161. The maximum absolute atomic E-state index is 11.3. The highest BCUT2D eigenvalue weighted by atomic mass is 31.2. The summed E-state index contributed by atoms with van der Waals surface area (Å²) in [4.78, 5) is 9.25. The molecule has 0 aromatic heterocycles. The predicted molar refractivity (Wildman–Crippen MR) is 105 cm³/mol. The molecule has 0 fully saturated rings. The van der Waals surface area contributed by atoms with Gasteiger partial charge in [-0.3, -0.25) is 9.42 Å². The molecule has 26 heavy (non-hydrogen) atoms. The third kappa shape index (κ3) is 7.24. The van der Waals surface area contributed by atoms with Gasteiger partial charge >= 0.3 is 7.82 Å². The molecule has 1 atom stereocenters. The number of phosphoric ester groups is 1. The molecule has 136 valence electrons. The van der Waals surface area contributed by atoms with Crippen molar-refractivity contribution in [2.24, 2.45) is 0 Å². The number of rotatable bonds is 5. The van der Waals surface area contributed by atoms with Crippen LogP contribution in [0, 0.1) is 0 Å². The minimum atomic E-state index is -3.97. The van der Waals surface area contributed by atoms with Gasteiger partial charge in [0.25, 0.3) is 0 Å². The van der Waals surface area contributed by atoms with Gasteiger partial charge in [-0.15, -0.1) is 0 Å². The normalized spacial score (nSPS) is 12.6. The molecule has 1 unspecified atom stereocenters. The van der Waals surface area contributed by atoms with Gasteiger partial charge in [-0.1, -0.05) is 78.9 Å². The standard InChI is InChI=1S/C12H10.C9H13O4P/c1-3-7-11(8-4-1)12-9-5-2-6-10-12;1-8(2)12-14(10,11)13-9-6-4-3-5-7-9/h1-10H;3-8H,1-2H3,(H,10,11). The van der Waals surface area contributed by atoms with Gasteiger partial charge in [-0.25, -0.2) is 4.57 Å². The number of hydrogen-bond donors (Lipinski definition) is 1. The Kier molecular flexibility index (Phi) is 7.61. The van der Waals surface area contributed by atoms with Crippen molar-refractivity contribution >= 4 is 7.82 Å². The van der Waals surface area contributed by atoms with Gasteiger partial charge in [0.05, 0.1) is 6.10 Å². The molecule has 0 aliphatic carbocycles. The molecule has 5 heteroatoms. The fourth-order valence-corrected chi connectivity index (χ4v) is 3.13. The average Bonchev–Trinajstić information content (AvgIpc) is 2.63. The minimum Gasteiger partial charge on any atom is -0.404 e. The second-order valence-corrected chi connectivity index (χ2v) is 7.09. The first-order valence-corrected chi connectivity index (χ1v) is 9.82. The van der Waals surface area contributed by atoms with Crippen LogP contribution >= 0.6 is 7.82 Å². The van der Waals surface area contributed by atoms with Crippen molar-refractivity contribution < 1.29 is 18.5 Å². The van der Waals surface area contributed by atoms with E-state index in [1.165, 1.54) is 11.1 Å². The molecule has 0 amide bonds. The summed E-state index contributed by atoms with van der Waals surface area (Å²) in [5.74, 6) is 0.319. The summed E-state index contributed by atoms with van der Waals surface area (Å²) < 4.78 is 20.8. The molecule has 3 aromatic rings. The first-order valence-electron chi connectivity index (χ1n) is 8.32. The number of benzene rings is 3. The molecule has 0 aliphatic rings. The molecular weight excluding hydrogens is 347 g/mol. The Morgan fingerprint density at radius 2 is 1.12 bits per heavy atom. The van der Waals surface area contributed by atoms with Crippen LogP contribution in [0.1, 0.15) is 13.8 Å². The monoisotopic (exact) mass is 370 g/mol.